The third-order valence-corrected chi connectivity index (χ3v) is 5.36. The molecule has 1 aromatic carbocycles. The van der Waals surface area contributed by atoms with Crippen LogP contribution in [0.2, 0.25) is 0 Å². The Kier molecular flexibility index (Phi) is 6.25. The molecule has 1 fully saturated rings. The van der Waals surface area contributed by atoms with Gasteiger partial charge < -0.3 is 14.5 Å². The molecule has 2 N–H and O–H groups in total. The predicted octanol–water partition coefficient (Wildman–Crippen LogP) is 2.32. The molecule has 0 aromatic heterocycles. The Morgan fingerprint density at radius 3 is 2.70 bits per heavy atom. The molecule has 0 unspecified atom stereocenters. The Balaban J connectivity index is 2.41. The summed E-state index contributed by atoms with van der Waals surface area (Å²) < 4.78 is 0. The second-order valence-electron chi connectivity index (χ2n) is 5.88. The number of likely N-dealkylation sites (tertiary alicyclic amines) is 1. The molecule has 3 nitrogen and oxygen atoms in total. The first-order valence-electron chi connectivity index (χ1n) is 7.35. The highest BCUT2D eigenvalue weighted by molar-refractivity contribution is 6.58. The number of rotatable bonds is 3. The third-order valence-electron chi connectivity index (χ3n) is 3.96. The van der Waals surface area contributed by atoms with Gasteiger partial charge in [-0.3, -0.25) is 0 Å². The Labute approximate surface area is 149 Å². The van der Waals surface area contributed by atoms with Gasteiger partial charge in [-0.15, -0.1) is 0 Å². The number of benzene rings is 1. The van der Waals surface area contributed by atoms with Crippen molar-refractivity contribution in [1.29, 1.82) is 0 Å². The van der Waals surface area contributed by atoms with Gasteiger partial charge in [-0.1, -0.05) is 54.0 Å². The minimum atomic E-state index is -2.81. The van der Waals surface area contributed by atoms with Crippen molar-refractivity contribution in [3.8, 4) is 0 Å². The van der Waals surface area contributed by atoms with Crippen molar-refractivity contribution in [3.05, 3.63) is 63.7 Å². The van der Waals surface area contributed by atoms with Crippen LogP contribution in [0.1, 0.15) is 18.4 Å². The van der Waals surface area contributed by atoms with Crippen molar-refractivity contribution in [2.24, 2.45) is 0 Å². The van der Waals surface area contributed by atoms with Crippen LogP contribution in [0.25, 0.3) is 0 Å². The van der Waals surface area contributed by atoms with Crippen LogP contribution in [0.3, 0.4) is 0 Å². The minimum Gasteiger partial charge on any atom is -0.410 e. The second kappa shape index (κ2) is 7.79. The zero-order valence-electron chi connectivity index (χ0n) is 13.3. The fraction of sp³-hybridized carbons (Fsp3) is 0.294. The van der Waals surface area contributed by atoms with Crippen LogP contribution in [-0.2, 0) is 0 Å². The van der Waals surface area contributed by atoms with Crippen LogP contribution in [0.15, 0.2) is 58.1 Å². The SMILES string of the molecule is C=C1/C(=C(Cl)\C=C(/C)Cl)CN(C)C[C@H]1c1cccc([SiH](O)O)c1. The highest BCUT2D eigenvalue weighted by Gasteiger charge is 2.27. The average molecular weight is 370 g/mol. The normalized spacial score (nSPS) is 22.7. The molecule has 1 aliphatic rings. The lowest BCUT2D eigenvalue weighted by Gasteiger charge is -2.34. The molecule has 0 saturated carbocycles. The molecule has 1 aromatic rings. The van der Waals surface area contributed by atoms with Gasteiger partial charge in [-0.2, -0.15) is 0 Å². The van der Waals surface area contributed by atoms with E-state index in [1.807, 2.05) is 25.2 Å². The van der Waals surface area contributed by atoms with Gasteiger partial charge in [0.05, 0.1) is 0 Å². The maximum absolute atomic E-state index is 9.51. The van der Waals surface area contributed by atoms with E-state index in [9.17, 15) is 9.59 Å². The second-order valence-corrected chi connectivity index (χ2v) is 8.29. The molecule has 124 valence electrons. The predicted molar refractivity (Wildman–Crippen MR) is 99.5 cm³/mol. The molecule has 1 atom stereocenters. The Hall–Kier alpha value is -0.883. The molecule has 0 bridgehead atoms. The molecule has 6 heteroatoms. The van der Waals surface area contributed by atoms with E-state index in [0.717, 1.165) is 23.3 Å². The lowest BCUT2D eigenvalue weighted by Crippen LogP contribution is -2.35. The lowest BCUT2D eigenvalue weighted by molar-refractivity contribution is 0.326. The van der Waals surface area contributed by atoms with E-state index in [2.05, 4.69) is 11.5 Å². The summed E-state index contributed by atoms with van der Waals surface area (Å²) in [6.45, 7) is 7.54. The summed E-state index contributed by atoms with van der Waals surface area (Å²) in [6, 6.07) is 7.45. The van der Waals surface area contributed by atoms with E-state index >= 15 is 0 Å². The number of halogens is 2. The number of allylic oxidation sites excluding steroid dienone is 3. The van der Waals surface area contributed by atoms with Crippen LogP contribution in [0.5, 0.6) is 0 Å². The summed E-state index contributed by atoms with van der Waals surface area (Å²) in [7, 11) is -0.782. The topological polar surface area (TPSA) is 43.7 Å². The Bertz CT molecular complexity index is 666. The van der Waals surface area contributed by atoms with Crippen LogP contribution in [0.4, 0.5) is 0 Å². The van der Waals surface area contributed by atoms with E-state index in [4.69, 9.17) is 23.2 Å². The molecule has 23 heavy (non-hydrogen) atoms. The molecule has 0 spiro atoms. The molecule has 0 aliphatic carbocycles. The minimum absolute atomic E-state index is 0.0641. The van der Waals surface area contributed by atoms with Gasteiger partial charge in [0, 0.05) is 29.1 Å². The summed E-state index contributed by atoms with van der Waals surface area (Å²) in [5.74, 6) is 0.0641. The fourth-order valence-corrected chi connectivity index (χ4v) is 3.94. The van der Waals surface area contributed by atoms with Gasteiger partial charge in [-0.05, 0) is 41.9 Å². The van der Waals surface area contributed by atoms with E-state index in [1.165, 1.54) is 0 Å². The highest BCUT2D eigenvalue weighted by Crippen LogP contribution is 2.36. The number of likely N-dealkylation sites (N-methyl/N-ethyl adjacent to an activating group) is 1. The highest BCUT2D eigenvalue weighted by atomic mass is 35.5. The van der Waals surface area contributed by atoms with Gasteiger partial charge in [0.15, 0.2) is 0 Å². The van der Waals surface area contributed by atoms with Crippen molar-refractivity contribution < 1.29 is 9.59 Å². The van der Waals surface area contributed by atoms with Gasteiger partial charge in [0.2, 0.25) is 0 Å². The van der Waals surface area contributed by atoms with Crippen LogP contribution < -0.4 is 5.19 Å². The fourth-order valence-electron chi connectivity index (χ4n) is 2.80. The van der Waals surface area contributed by atoms with Gasteiger partial charge in [0.1, 0.15) is 0 Å². The van der Waals surface area contributed by atoms with E-state index in [1.54, 1.807) is 19.1 Å². The van der Waals surface area contributed by atoms with Gasteiger partial charge in [0.25, 0.3) is 0 Å². The van der Waals surface area contributed by atoms with Gasteiger partial charge in [-0.25, -0.2) is 0 Å². The number of hydrogen-bond acceptors (Lipinski definition) is 3. The maximum atomic E-state index is 9.51. The van der Waals surface area contributed by atoms with Crippen molar-refractivity contribution >= 4 is 37.7 Å². The summed E-state index contributed by atoms with van der Waals surface area (Å²) in [6.07, 6.45) is 1.74. The maximum Gasteiger partial charge on any atom is 0.350 e. The first-order chi connectivity index (χ1) is 10.8. The molecule has 0 amide bonds. The molecule has 1 saturated heterocycles. The standard InChI is InChI=1S/C17H21Cl2NO2Si/c1-11(18)7-17(19)16-10-20(3)9-15(12(16)2)13-5-4-6-14(8-13)23(21)22/h4-8,15,21-23H,2,9-10H2,1,3H3/b11-7+,17-16+/t15-/m1/s1. The molecular weight excluding hydrogens is 349 g/mol. The zero-order chi connectivity index (χ0) is 17.1. The van der Waals surface area contributed by atoms with Crippen molar-refractivity contribution in [1.82, 2.24) is 4.90 Å². The van der Waals surface area contributed by atoms with Crippen LogP contribution in [-0.4, -0.2) is 43.9 Å². The number of piperidine rings is 1. The molecular formula is C17H21Cl2NO2Si. The smallest absolute Gasteiger partial charge is 0.350 e. The molecule has 1 heterocycles. The van der Waals surface area contributed by atoms with Crippen molar-refractivity contribution in [2.75, 3.05) is 20.1 Å². The number of hydrogen-bond donors (Lipinski definition) is 2. The lowest BCUT2D eigenvalue weighted by atomic mass is 9.83. The molecule has 0 radical (unpaired) electrons. The van der Waals surface area contributed by atoms with Crippen molar-refractivity contribution in [2.45, 2.75) is 12.8 Å². The third kappa shape index (κ3) is 4.56. The monoisotopic (exact) mass is 369 g/mol. The molecule has 1 aliphatic heterocycles. The Morgan fingerprint density at radius 2 is 2.09 bits per heavy atom. The van der Waals surface area contributed by atoms with Crippen molar-refractivity contribution in [3.63, 3.8) is 0 Å². The molecule has 2 rings (SSSR count). The first-order valence-corrected chi connectivity index (χ1v) is 9.72. The Morgan fingerprint density at radius 1 is 1.39 bits per heavy atom. The first kappa shape index (κ1) is 18.5. The largest absolute Gasteiger partial charge is 0.410 e. The van der Waals surface area contributed by atoms with Crippen LogP contribution >= 0.6 is 23.2 Å². The summed E-state index contributed by atoms with van der Waals surface area (Å²) in [4.78, 5) is 21.2. The van der Waals surface area contributed by atoms with E-state index in [-0.39, 0.29) is 5.92 Å². The van der Waals surface area contributed by atoms with Gasteiger partial charge >= 0.3 is 9.28 Å². The van der Waals surface area contributed by atoms with E-state index in [0.29, 0.717) is 21.8 Å². The quantitative estimate of drug-likeness (QED) is 0.803. The zero-order valence-corrected chi connectivity index (χ0v) is 15.9. The summed E-state index contributed by atoms with van der Waals surface area (Å²) in [5.41, 5.74) is 2.94. The summed E-state index contributed by atoms with van der Waals surface area (Å²) >= 11 is 12.3. The average Bonchev–Trinajstić information content (AvgIpc) is 2.48. The number of nitrogens with zero attached hydrogens (tertiary/aromatic N) is 1. The van der Waals surface area contributed by atoms with Crippen LogP contribution in [0, 0.1) is 0 Å². The summed E-state index contributed by atoms with van der Waals surface area (Å²) in [5, 5.41) is 1.83. The van der Waals surface area contributed by atoms with E-state index < -0.39 is 9.28 Å².